The largest absolute Gasteiger partial charge is 0.326 e. The number of carbonyl (C=O) groups is 1. The van der Waals surface area contributed by atoms with Crippen molar-refractivity contribution >= 4 is 27.5 Å². The van der Waals surface area contributed by atoms with Crippen molar-refractivity contribution in [3.8, 4) is 0 Å². The van der Waals surface area contributed by atoms with Crippen molar-refractivity contribution in [2.24, 2.45) is 0 Å². The molecule has 1 N–H and O–H groups in total. The molecule has 0 saturated carbocycles. The van der Waals surface area contributed by atoms with Gasteiger partial charge in [0.05, 0.1) is 0 Å². The number of carbonyl (C=O) groups excluding carboxylic acids is 1. The Labute approximate surface area is 79.1 Å². The summed E-state index contributed by atoms with van der Waals surface area (Å²) in [5, 5.41) is 2.83. The van der Waals surface area contributed by atoms with Crippen LogP contribution in [0.3, 0.4) is 0 Å². The number of hydrogen-bond acceptors (Lipinski definition) is 1. The molecule has 0 aliphatic carbocycles. The summed E-state index contributed by atoms with van der Waals surface area (Å²) < 4.78 is 1.00. The molecule has 0 fully saturated rings. The van der Waals surface area contributed by atoms with Crippen LogP contribution in [0.25, 0.3) is 0 Å². The van der Waals surface area contributed by atoms with Crippen LogP contribution in [-0.2, 0) is 11.2 Å². The van der Waals surface area contributed by atoms with Crippen LogP contribution in [-0.4, -0.2) is 5.91 Å². The third kappa shape index (κ3) is 1.37. The van der Waals surface area contributed by atoms with Gasteiger partial charge in [0, 0.05) is 16.6 Å². The van der Waals surface area contributed by atoms with Gasteiger partial charge in [-0.2, -0.15) is 0 Å². The predicted octanol–water partition coefficient (Wildman–Crippen LogP) is 2.33. The number of amides is 1. The van der Waals surface area contributed by atoms with Gasteiger partial charge in [0.15, 0.2) is 0 Å². The minimum atomic E-state index is 0.112. The van der Waals surface area contributed by atoms with Crippen molar-refractivity contribution in [3.63, 3.8) is 0 Å². The molecule has 2 nitrogen and oxygen atoms in total. The number of benzene rings is 1. The molecule has 0 spiro atoms. The molecule has 1 aromatic carbocycles. The Bertz CT molecular complexity index is 335. The highest BCUT2D eigenvalue weighted by Crippen LogP contribution is 2.25. The van der Waals surface area contributed by atoms with E-state index in [0.29, 0.717) is 6.42 Å². The van der Waals surface area contributed by atoms with Crippen LogP contribution in [0, 0.1) is 0 Å². The topological polar surface area (TPSA) is 29.1 Å². The fraction of sp³-hybridized carbons (Fsp3) is 0.222. The molecule has 0 radical (unpaired) electrons. The second kappa shape index (κ2) is 2.90. The van der Waals surface area contributed by atoms with E-state index in [0.717, 1.165) is 16.6 Å². The van der Waals surface area contributed by atoms with E-state index in [1.165, 1.54) is 5.56 Å². The lowest BCUT2D eigenvalue weighted by Gasteiger charge is -2.16. The average Bonchev–Trinajstić information content (AvgIpc) is 2.03. The maximum Gasteiger partial charge on any atom is 0.224 e. The molecule has 2 rings (SSSR count). The molecule has 1 aliphatic rings. The standard InChI is InChI=1S/C9H8BrNO/c10-7-3-1-6-2-4-9(12)11-8(6)5-7/h1,3,5H,2,4H2,(H,11,12). The fourth-order valence-corrected chi connectivity index (χ4v) is 1.71. The van der Waals surface area contributed by atoms with Crippen LogP contribution in [0.15, 0.2) is 22.7 Å². The lowest BCUT2D eigenvalue weighted by molar-refractivity contribution is -0.116. The van der Waals surface area contributed by atoms with Crippen LogP contribution in [0.4, 0.5) is 5.69 Å². The second-order valence-corrected chi connectivity index (χ2v) is 3.77. The molecule has 12 heavy (non-hydrogen) atoms. The van der Waals surface area contributed by atoms with Gasteiger partial charge in [-0.3, -0.25) is 4.79 Å². The number of nitrogens with one attached hydrogen (secondary N) is 1. The molecule has 1 aromatic rings. The number of rotatable bonds is 0. The minimum Gasteiger partial charge on any atom is -0.326 e. The minimum absolute atomic E-state index is 0.112. The normalized spacial score (nSPS) is 15.2. The first-order valence-electron chi connectivity index (χ1n) is 3.84. The van der Waals surface area contributed by atoms with Crippen molar-refractivity contribution in [2.75, 3.05) is 5.32 Å². The number of fused-ring (bicyclic) bond motifs is 1. The van der Waals surface area contributed by atoms with E-state index in [1.807, 2.05) is 18.2 Å². The van der Waals surface area contributed by atoms with Gasteiger partial charge in [-0.1, -0.05) is 22.0 Å². The quantitative estimate of drug-likeness (QED) is 0.722. The Morgan fingerprint density at radius 3 is 3.00 bits per heavy atom. The summed E-state index contributed by atoms with van der Waals surface area (Å²) in [4.78, 5) is 11.0. The summed E-state index contributed by atoms with van der Waals surface area (Å²) in [5.74, 6) is 0.112. The molecule has 1 amide bonds. The SMILES string of the molecule is O=C1CCc2ccc(Br)cc2N1. The van der Waals surface area contributed by atoms with Gasteiger partial charge in [-0.25, -0.2) is 0 Å². The van der Waals surface area contributed by atoms with E-state index in [-0.39, 0.29) is 5.91 Å². The number of anilines is 1. The summed E-state index contributed by atoms with van der Waals surface area (Å²) in [7, 11) is 0. The molecule has 0 aromatic heterocycles. The van der Waals surface area contributed by atoms with Crippen LogP contribution in [0.2, 0.25) is 0 Å². The van der Waals surface area contributed by atoms with Gasteiger partial charge in [-0.05, 0) is 24.1 Å². The van der Waals surface area contributed by atoms with Crippen molar-refractivity contribution in [1.29, 1.82) is 0 Å². The smallest absolute Gasteiger partial charge is 0.224 e. The molecule has 0 unspecified atom stereocenters. The summed E-state index contributed by atoms with van der Waals surface area (Å²) >= 11 is 3.36. The van der Waals surface area contributed by atoms with E-state index >= 15 is 0 Å². The molecular formula is C9H8BrNO. The summed E-state index contributed by atoms with van der Waals surface area (Å²) in [6.45, 7) is 0. The highest BCUT2D eigenvalue weighted by atomic mass is 79.9. The zero-order chi connectivity index (χ0) is 8.55. The Kier molecular flexibility index (Phi) is 1.89. The van der Waals surface area contributed by atoms with Crippen LogP contribution < -0.4 is 5.32 Å². The maximum atomic E-state index is 11.0. The van der Waals surface area contributed by atoms with Gasteiger partial charge in [0.1, 0.15) is 0 Å². The van der Waals surface area contributed by atoms with E-state index in [2.05, 4.69) is 21.2 Å². The zero-order valence-electron chi connectivity index (χ0n) is 6.43. The Hall–Kier alpha value is -0.830. The first-order valence-corrected chi connectivity index (χ1v) is 4.63. The van der Waals surface area contributed by atoms with Crippen LogP contribution >= 0.6 is 15.9 Å². The van der Waals surface area contributed by atoms with E-state index < -0.39 is 0 Å². The number of hydrogen-bond donors (Lipinski definition) is 1. The zero-order valence-corrected chi connectivity index (χ0v) is 8.02. The number of halogens is 1. The third-order valence-electron chi connectivity index (χ3n) is 1.97. The Morgan fingerprint density at radius 1 is 1.33 bits per heavy atom. The third-order valence-corrected chi connectivity index (χ3v) is 2.46. The summed E-state index contributed by atoms with van der Waals surface area (Å²) in [6, 6.07) is 5.97. The van der Waals surface area contributed by atoms with E-state index in [9.17, 15) is 4.79 Å². The lowest BCUT2D eigenvalue weighted by Crippen LogP contribution is -2.18. The van der Waals surface area contributed by atoms with Crippen LogP contribution in [0.5, 0.6) is 0 Å². The van der Waals surface area contributed by atoms with Crippen molar-refractivity contribution in [1.82, 2.24) is 0 Å². The van der Waals surface area contributed by atoms with Gasteiger partial charge < -0.3 is 5.32 Å². The first kappa shape index (κ1) is 7.80. The second-order valence-electron chi connectivity index (χ2n) is 2.85. The monoisotopic (exact) mass is 225 g/mol. The van der Waals surface area contributed by atoms with E-state index in [1.54, 1.807) is 0 Å². The number of aryl methyl sites for hydroxylation is 1. The first-order chi connectivity index (χ1) is 5.75. The van der Waals surface area contributed by atoms with Crippen molar-refractivity contribution in [3.05, 3.63) is 28.2 Å². The summed E-state index contributed by atoms with van der Waals surface area (Å²) in [6.07, 6.45) is 1.46. The van der Waals surface area contributed by atoms with Crippen LogP contribution in [0.1, 0.15) is 12.0 Å². The summed E-state index contributed by atoms with van der Waals surface area (Å²) in [5.41, 5.74) is 2.17. The fourth-order valence-electron chi connectivity index (χ4n) is 1.34. The van der Waals surface area contributed by atoms with Gasteiger partial charge in [0.25, 0.3) is 0 Å². The Balaban J connectivity index is 2.44. The molecule has 0 bridgehead atoms. The molecule has 3 heteroatoms. The molecule has 0 atom stereocenters. The lowest BCUT2D eigenvalue weighted by atomic mass is 10.0. The molecule has 1 heterocycles. The van der Waals surface area contributed by atoms with Gasteiger partial charge in [0.2, 0.25) is 5.91 Å². The molecule has 0 saturated heterocycles. The van der Waals surface area contributed by atoms with Gasteiger partial charge in [-0.15, -0.1) is 0 Å². The Morgan fingerprint density at radius 2 is 2.17 bits per heavy atom. The van der Waals surface area contributed by atoms with Crippen molar-refractivity contribution in [2.45, 2.75) is 12.8 Å². The van der Waals surface area contributed by atoms with Gasteiger partial charge >= 0.3 is 0 Å². The molecule has 62 valence electrons. The predicted molar refractivity (Wildman–Crippen MR) is 51.1 cm³/mol. The van der Waals surface area contributed by atoms with E-state index in [4.69, 9.17) is 0 Å². The van der Waals surface area contributed by atoms with Crippen molar-refractivity contribution < 1.29 is 4.79 Å². The molecular weight excluding hydrogens is 218 g/mol. The average molecular weight is 226 g/mol. The highest BCUT2D eigenvalue weighted by Gasteiger charge is 2.13. The maximum absolute atomic E-state index is 11.0. The highest BCUT2D eigenvalue weighted by molar-refractivity contribution is 9.10. The molecule has 1 aliphatic heterocycles.